The number of esters is 1. The van der Waals surface area contributed by atoms with Crippen LogP contribution in [0.3, 0.4) is 0 Å². The number of carbonyl (C=O) groups is 2. The Kier molecular flexibility index (Phi) is 4.66. The van der Waals surface area contributed by atoms with Crippen LogP contribution in [0.2, 0.25) is 5.15 Å². The number of nitrogens with zero attached hydrogens (tertiary/aromatic N) is 1. The second kappa shape index (κ2) is 6.88. The minimum absolute atomic E-state index is 0.161. The minimum atomic E-state index is -0.388. The van der Waals surface area contributed by atoms with Crippen LogP contribution in [0, 0.1) is 0 Å². The molecule has 0 bridgehead atoms. The molecule has 2 heterocycles. The summed E-state index contributed by atoms with van der Waals surface area (Å²) in [7, 11) is 1.34. The average Bonchev–Trinajstić information content (AvgIpc) is 3.01. The van der Waals surface area contributed by atoms with Crippen LogP contribution in [0.15, 0.2) is 36.5 Å². The largest absolute Gasteiger partial charge is 0.488 e. The Morgan fingerprint density at radius 3 is 3.00 bits per heavy atom. The van der Waals surface area contributed by atoms with E-state index in [-0.39, 0.29) is 23.1 Å². The van der Waals surface area contributed by atoms with Crippen LogP contribution in [0.25, 0.3) is 0 Å². The minimum Gasteiger partial charge on any atom is -0.488 e. The maximum atomic E-state index is 12.1. The zero-order valence-electron chi connectivity index (χ0n) is 12.9. The van der Waals surface area contributed by atoms with Crippen LogP contribution in [0.1, 0.15) is 26.3 Å². The number of benzene rings is 1. The molecule has 24 heavy (non-hydrogen) atoms. The number of carbonyl (C=O) groups excluding carboxylic acids is 2. The SMILES string of the molecule is COC(=O)c1ccc2c(c1)C[C@@H](CNC(=O)c1cccnc1Cl)O2. The van der Waals surface area contributed by atoms with E-state index in [2.05, 4.69) is 10.3 Å². The van der Waals surface area contributed by atoms with Crippen molar-refractivity contribution >= 4 is 23.5 Å². The average molecular weight is 347 g/mol. The molecule has 3 rings (SSSR count). The van der Waals surface area contributed by atoms with Crippen LogP contribution < -0.4 is 10.1 Å². The summed E-state index contributed by atoms with van der Waals surface area (Å²) < 4.78 is 10.5. The third-order valence-electron chi connectivity index (χ3n) is 3.72. The lowest BCUT2D eigenvalue weighted by Crippen LogP contribution is -2.34. The first kappa shape index (κ1) is 16.3. The van der Waals surface area contributed by atoms with Gasteiger partial charge < -0.3 is 14.8 Å². The molecular formula is C17H15ClN2O4. The molecule has 2 aromatic rings. The number of rotatable bonds is 4. The summed E-state index contributed by atoms with van der Waals surface area (Å²) in [5, 5.41) is 2.95. The lowest BCUT2D eigenvalue weighted by Gasteiger charge is -2.12. The van der Waals surface area contributed by atoms with Crippen molar-refractivity contribution in [2.75, 3.05) is 13.7 Å². The van der Waals surface area contributed by atoms with Gasteiger partial charge in [-0.2, -0.15) is 0 Å². The van der Waals surface area contributed by atoms with Crippen molar-refractivity contribution in [1.82, 2.24) is 10.3 Å². The summed E-state index contributed by atoms with van der Waals surface area (Å²) >= 11 is 5.90. The maximum absolute atomic E-state index is 12.1. The molecular weight excluding hydrogens is 332 g/mol. The first-order valence-electron chi connectivity index (χ1n) is 7.35. The van der Waals surface area contributed by atoms with Gasteiger partial charge in [-0.05, 0) is 35.9 Å². The highest BCUT2D eigenvalue weighted by molar-refractivity contribution is 6.32. The molecule has 0 fully saturated rings. The molecule has 0 saturated heterocycles. The molecule has 6 nitrogen and oxygen atoms in total. The number of methoxy groups -OCH3 is 1. The fraction of sp³-hybridized carbons (Fsp3) is 0.235. The lowest BCUT2D eigenvalue weighted by atomic mass is 10.1. The van der Waals surface area contributed by atoms with Gasteiger partial charge in [-0.1, -0.05) is 11.6 Å². The van der Waals surface area contributed by atoms with Gasteiger partial charge in [-0.25, -0.2) is 9.78 Å². The van der Waals surface area contributed by atoms with Crippen LogP contribution in [0.5, 0.6) is 5.75 Å². The van der Waals surface area contributed by atoms with E-state index in [1.807, 2.05) is 0 Å². The first-order valence-corrected chi connectivity index (χ1v) is 7.73. The molecule has 1 aliphatic heterocycles. The Hall–Kier alpha value is -2.60. The van der Waals surface area contributed by atoms with E-state index in [4.69, 9.17) is 21.1 Å². The van der Waals surface area contributed by atoms with Crippen LogP contribution in [0.4, 0.5) is 0 Å². The number of nitrogens with one attached hydrogen (secondary N) is 1. The van der Waals surface area contributed by atoms with Crippen molar-refractivity contribution in [3.05, 3.63) is 58.4 Å². The molecule has 1 N–H and O–H groups in total. The molecule has 1 aromatic carbocycles. The van der Waals surface area contributed by atoms with Gasteiger partial charge in [-0.3, -0.25) is 4.79 Å². The zero-order chi connectivity index (χ0) is 17.1. The second-order valence-electron chi connectivity index (χ2n) is 5.31. The van der Waals surface area contributed by atoms with Crippen LogP contribution in [-0.4, -0.2) is 36.6 Å². The van der Waals surface area contributed by atoms with E-state index in [0.29, 0.717) is 29.8 Å². The van der Waals surface area contributed by atoms with E-state index in [1.165, 1.54) is 13.3 Å². The number of ether oxygens (including phenoxy) is 2. The summed E-state index contributed by atoms with van der Waals surface area (Å²) in [5.41, 5.74) is 1.71. The number of hydrogen-bond donors (Lipinski definition) is 1. The van der Waals surface area contributed by atoms with Gasteiger partial charge in [-0.15, -0.1) is 0 Å². The summed E-state index contributed by atoms with van der Waals surface area (Å²) in [6.07, 6.45) is 1.92. The van der Waals surface area contributed by atoms with E-state index < -0.39 is 0 Å². The standard InChI is InChI=1S/C17H15ClN2O4/c1-23-17(22)10-4-5-14-11(7-10)8-12(24-14)9-20-16(21)13-3-2-6-19-15(13)18/h2-7,12H,8-9H2,1H3,(H,20,21)/t12-/m0/s1. The Balaban J connectivity index is 1.61. The maximum Gasteiger partial charge on any atom is 0.337 e. The van der Waals surface area contributed by atoms with Crippen LogP contribution in [-0.2, 0) is 11.2 Å². The predicted octanol–water partition coefficient (Wildman–Crippen LogP) is 2.26. The van der Waals surface area contributed by atoms with Crippen molar-refractivity contribution in [2.45, 2.75) is 12.5 Å². The second-order valence-corrected chi connectivity index (χ2v) is 5.67. The zero-order valence-corrected chi connectivity index (χ0v) is 13.7. The van der Waals surface area contributed by atoms with Gasteiger partial charge in [0.05, 0.1) is 24.8 Å². The van der Waals surface area contributed by atoms with Crippen molar-refractivity contribution in [3.63, 3.8) is 0 Å². The number of halogens is 1. The van der Waals surface area contributed by atoms with Gasteiger partial charge in [0.1, 0.15) is 17.0 Å². The third kappa shape index (κ3) is 3.33. The molecule has 0 spiro atoms. The van der Waals surface area contributed by atoms with Crippen molar-refractivity contribution in [1.29, 1.82) is 0 Å². The predicted molar refractivity (Wildman–Crippen MR) is 87.5 cm³/mol. The van der Waals surface area contributed by atoms with Gasteiger partial charge in [0.2, 0.25) is 0 Å². The van der Waals surface area contributed by atoms with E-state index in [0.717, 1.165) is 5.56 Å². The Labute approximate surface area is 143 Å². The highest BCUT2D eigenvalue weighted by Gasteiger charge is 2.25. The summed E-state index contributed by atoms with van der Waals surface area (Å²) in [4.78, 5) is 27.6. The van der Waals surface area contributed by atoms with Crippen LogP contribution >= 0.6 is 11.6 Å². The molecule has 0 aliphatic carbocycles. The van der Waals surface area contributed by atoms with E-state index >= 15 is 0 Å². The van der Waals surface area contributed by atoms with Gasteiger partial charge in [0, 0.05) is 12.6 Å². The summed E-state index contributed by atoms with van der Waals surface area (Å²) in [6, 6.07) is 8.40. The normalized spacial score (nSPS) is 15.3. The van der Waals surface area contributed by atoms with Crippen molar-refractivity contribution in [2.24, 2.45) is 0 Å². The number of pyridine rings is 1. The van der Waals surface area contributed by atoms with Gasteiger partial charge in [0.25, 0.3) is 5.91 Å². The smallest absolute Gasteiger partial charge is 0.337 e. The molecule has 1 amide bonds. The molecule has 1 atom stereocenters. The topological polar surface area (TPSA) is 77.5 Å². The first-order chi connectivity index (χ1) is 11.6. The van der Waals surface area contributed by atoms with Crippen molar-refractivity contribution in [3.8, 4) is 5.75 Å². The summed E-state index contributed by atoms with van der Waals surface area (Å²) in [5.74, 6) is 0.0185. The van der Waals surface area contributed by atoms with Crippen molar-refractivity contribution < 1.29 is 19.1 Å². The quantitative estimate of drug-likeness (QED) is 0.678. The van der Waals surface area contributed by atoms with Gasteiger partial charge >= 0.3 is 5.97 Å². The molecule has 1 aliphatic rings. The lowest BCUT2D eigenvalue weighted by molar-refractivity contribution is 0.0600. The number of aromatic nitrogens is 1. The highest BCUT2D eigenvalue weighted by atomic mass is 35.5. The Morgan fingerprint density at radius 1 is 1.42 bits per heavy atom. The number of fused-ring (bicyclic) bond motifs is 1. The van der Waals surface area contributed by atoms with E-state index in [9.17, 15) is 9.59 Å². The van der Waals surface area contributed by atoms with E-state index in [1.54, 1.807) is 30.3 Å². The molecule has 0 unspecified atom stereocenters. The fourth-order valence-electron chi connectivity index (χ4n) is 2.54. The monoisotopic (exact) mass is 346 g/mol. The molecule has 1 aromatic heterocycles. The molecule has 7 heteroatoms. The molecule has 0 radical (unpaired) electrons. The molecule has 0 saturated carbocycles. The third-order valence-corrected chi connectivity index (χ3v) is 4.02. The Bertz CT molecular complexity index is 794. The highest BCUT2D eigenvalue weighted by Crippen LogP contribution is 2.29. The Morgan fingerprint density at radius 2 is 2.25 bits per heavy atom. The fourth-order valence-corrected chi connectivity index (χ4v) is 2.74. The number of hydrogen-bond acceptors (Lipinski definition) is 5. The summed E-state index contributed by atoms with van der Waals surface area (Å²) in [6.45, 7) is 0.326. The number of amides is 1. The van der Waals surface area contributed by atoms with Gasteiger partial charge in [0.15, 0.2) is 0 Å². The molecule has 124 valence electrons.